The number of fused-ring (bicyclic) bond motifs is 1. The van der Waals surface area contributed by atoms with Gasteiger partial charge in [-0.3, -0.25) is 34.2 Å². The zero-order valence-corrected chi connectivity index (χ0v) is 25.7. The molecule has 1 atom stereocenters. The van der Waals surface area contributed by atoms with Crippen LogP contribution in [0.1, 0.15) is 51.1 Å². The summed E-state index contributed by atoms with van der Waals surface area (Å²) in [6.07, 6.45) is 2.76. The standard InChI is InChI=1S/C34H36N4O8/c1-44-27-14-12-22(19-28(27)45-2)7-3-6-21-8-4-9-23(18-21)46-20-30(40)36-17-16-35-25-11-5-10-24-31(25)34(43)38(33(24)42)26-13-15-29(39)37-32(26)41/h4-5,8-12,14,18-19,26,35H,3,6-7,13,15-17,20H2,1-2H3,(H,36,40)(H,37,39,41). The van der Waals surface area contributed by atoms with Crippen LogP contribution in [0.4, 0.5) is 5.69 Å². The summed E-state index contributed by atoms with van der Waals surface area (Å²) < 4.78 is 16.4. The van der Waals surface area contributed by atoms with E-state index in [2.05, 4.69) is 16.0 Å². The van der Waals surface area contributed by atoms with Crippen molar-refractivity contribution in [2.45, 2.75) is 38.1 Å². The predicted octanol–water partition coefficient (Wildman–Crippen LogP) is 2.89. The lowest BCUT2D eigenvalue weighted by Gasteiger charge is -2.27. The van der Waals surface area contributed by atoms with Crippen molar-refractivity contribution in [3.05, 3.63) is 82.9 Å². The van der Waals surface area contributed by atoms with Gasteiger partial charge in [0.25, 0.3) is 17.7 Å². The number of amides is 5. The molecule has 12 nitrogen and oxygen atoms in total. The van der Waals surface area contributed by atoms with Crippen LogP contribution in [0.15, 0.2) is 60.7 Å². The molecule has 12 heteroatoms. The first-order valence-electron chi connectivity index (χ1n) is 15.1. The van der Waals surface area contributed by atoms with Gasteiger partial charge in [0.2, 0.25) is 11.8 Å². The Labute approximate surface area is 266 Å². The van der Waals surface area contributed by atoms with Crippen LogP contribution >= 0.6 is 0 Å². The number of anilines is 1. The van der Waals surface area contributed by atoms with Gasteiger partial charge in [0.15, 0.2) is 18.1 Å². The molecule has 1 fully saturated rings. The molecule has 1 saturated heterocycles. The van der Waals surface area contributed by atoms with Crippen LogP contribution in [0.5, 0.6) is 17.2 Å². The van der Waals surface area contributed by atoms with E-state index < -0.39 is 29.7 Å². The number of benzene rings is 3. The highest BCUT2D eigenvalue weighted by atomic mass is 16.5. The van der Waals surface area contributed by atoms with E-state index in [1.54, 1.807) is 32.4 Å². The van der Waals surface area contributed by atoms with Crippen molar-refractivity contribution in [3.8, 4) is 17.2 Å². The lowest BCUT2D eigenvalue weighted by Crippen LogP contribution is -2.54. The minimum Gasteiger partial charge on any atom is -0.493 e. The Kier molecular flexibility index (Phi) is 10.2. The maximum atomic E-state index is 13.2. The zero-order chi connectivity index (χ0) is 32.6. The molecule has 0 radical (unpaired) electrons. The van der Waals surface area contributed by atoms with Crippen molar-refractivity contribution in [3.63, 3.8) is 0 Å². The summed E-state index contributed by atoms with van der Waals surface area (Å²) >= 11 is 0. The van der Waals surface area contributed by atoms with E-state index in [1.165, 1.54) is 6.07 Å². The fraction of sp³-hybridized carbons (Fsp3) is 0.324. The van der Waals surface area contributed by atoms with E-state index >= 15 is 0 Å². The van der Waals surface area contributed by atoms with Crippen molar-refractivity contribution in [1.82, 2.24) is 15.5 Å². The number of carbonyl (C=O) groups is 5. The summed E-state index contributed by atoms with van der Waals surface area (Å²) in [6.45, 7) is 0.350. The third-order valence-corrected chi connectivity index (χ3v) is 7.88. The second-order valence-electron chi connectivity index (χ2n) is 10.9. The number of hydrogen-bond acceptors (Lipinski definition) is 9. The Morgan fingerprint density at radius 1 is 0.891 bits per heavy atom. The summed E-state index contributed by atoms with van der Waals surface area (Å²) in [5, 5.41) is 8.06. The second kappa shape index (κ2) is 14.6. The third-order valence-electron chi connectivity index (χ3n) is 7.88. The number of carbonyl (C=O) groups excluding carboxylic acids is 5. The highest BCUT2D eigenvalue weighted by Gasteiger charge is 2.45. The Morgan fingerprint density at radius 3 is 2.41 bits per heavy atom. The maximum Gasteiger partial charge on any atom is 0.264 e. The van der Waals surface area contributed by atoms with E-state index in [-0.39, 0.29) is 49.6 Å². The Hall–Kier alpha value is -5.39. The van der Waals surface area contributed by atoms with Crippen molar-refractivity contribution in [2.24, 2.45) is 0 Å². The molecule has 3 N–H and O–H groups in total. The monoisotopic (exact) mass is 628 g/mol. The fourth-order valence-electron chi connectivity index (χ4n) is 5.58. The number of imide groups is 2. The van der Waals surface area contributed by atoms with E-state index in [4.69, 9.17) is 14.2 Å². The van der Waals surface area contributed by atoms with Crippen LogP contribution in [0, 0.1) is 0 Å². The molecule has 5 rings (SSSR count). The first-order chi connectivity index (χ1) is 22.3. The number of methoxy groups -OCH3 is 2. The van der Waals surface area contributed by atoms with Crippen molar-refractivity contribution in [1.29, 1.82) is 0 Å². The fourth-order valence-corrected chi connectivity index (χ4v) is 5.58. The summed E-state index contributed by atoms with van der Waals surface area (Å²) in [4.78, 5) is 63.4. The average molecular weight is 629 g/mol. The van der Waals surface area contributed by atoms with Gasteiger partial charge in [0.1, 0.15) is 11.8 Å². The Bertz CT molecular complexity index is 1660. The molecular formula is C34H36N4O8. The van der Waals surface area contributed by atoms with Gasteiger partial charge in [-0.15, -0.1) is 0 Å². The molecule has 46 heavy (non-hydrogen) atoms. The average Bonchev–Trinajstić information content (AvgIpc) is 3.31. The molecule has 0 bridgehead atoms. The summed E-state index contributed by atoms with van der Waals surface area (Å²) in [5.74, 6) is -0.579. The number of nitrogens with one attached hydrogen (secondary N) is 3. The van der Waals surface area contributed by atoms with Gasteiger partial charge in [0, 0.05) is 25.2 Å². The zero-order valence-electron chi connectivity index (χ0n) is 25.7. The van der Waals surface area contributed by atoms with Crippen LogP contribution in [0.3, 0.4) is 0 Å². The lowest BCUT2D eigenvalue weighted by atomic mass is 10.0. The molecule has 3 aromatic carbocycles. The van der Waals surface area contributed by atoms with Crippen molar-refractivity contribution in [2.75, 3.05) is 39.2 Å². The van der Waals surface area contributed by atoms with Crippen LogP contribution in [0.2, 0.25) is 0 Å². The molecule has 2 heterocycles. The molecule has 240 valence electrons. The smallest absolute Gasteiger partial charge is 0.264 e. The summed E-state index contributed by atoms with van der Waals surface area (Å²) in [7, 11) is 3.23. The SMILES string of the molecule is COc1ccc(CCCc2cccc(OCC(=O)NCCNc3cccc4c3C(=O)N(C3CCC(=O)NC3=O)C4=O)c2)cc1OC. The molecule has 2 aliphatic heterocycles. The normalized spacial score (nSPS) is 15.7. The molecule has 5 amide bonds. The van der Waals surface area contributed by atoms with Gasteiger partial charge in [-0.2, -0.15) is 0 Å². The quantitative estimate of drug-likeness (QED) is 0.181. The highest BCUT2D eigenvalue weighted by molar-refractivity contribution is 6.25. The highest BCUT2D eigenvalue weighted by Crippen LogP contribution is 2.32. The minimum atomic E-state index is -1.04. The van der Waals surface area contributed by atoms with Crippen LogP contribution in [0.25, 0.3) is 0 Å². The van der Waals surface area contributed by atoms with Crippen molar-refractivity contribution >= 4 is 35.2 Å². The van der Waals surface area contributed by atoms with Gasteiger partial charge in [-0.05, 0) is 73.2 Å². The largest absolute Gasteiger partial charge is 0.493 e. The van der Waals surface area contributed by atoms with Gasteiger partial charge < -0.3 is 24.8 Å². The molecule has 0 aliphatic carbocycles. The van der Waals surface area contributed by atoms with Crippen LogP contribution < -0.4 is 30.2 Å². The van der Waals surface area contributed by atoms with Gasteiger partial charge >= 0.3 is 0 Å². The number of aryl methyl sites for hydroxylation is 2. The molecule has 0 spiro atoms. The molecule has 1 unspecified atom stereocenters. The number of ether oxygens (including phenoxy) is 3. The molecular weight excluding hydrogens is 592 g/mol. The Morgan fingerprint density at radius 2 is 1.65 bits per heavy atom. The van der Waals surface area contributed by atoms with Crippen LogP contribution in [-0.2, 0) is 27.2 Å². The first kappa shape index (κ1) is 32.0. The summed E-state index contributed by atoms with van der Waals surface area (Å²) in [6, 6.07) is 17.3. The number of nitrogens with zero attached hydrogens (tertiary/aromatic N) is 1. The van der Waals surface area contributed by atoms with E-state index in [9.17, 15) is 24.0 Å². The Balaban J connectivity index is 1.06. The first-order valence-corrected chi connectivity index (χ1v) is 15.1. The number of rotatable bonds is 14. The second-order valence-corrected chi connectivity index (χ2v) is 10.9. The van der Waals surface area contributed by atoms with Gasteiger partial charge in [0.05, 0.1) is 25.3 Å². The predicted molar refractivity (Wildman–Crippen MR) is 168 cm³/mol. The van der Waals surface area contributed by atoms with E-state index in [0.29, 0.717) is 22.9 Å². The summed E-state index contributed by atoms with van der Waals surface area (Å²) in [5.41, 5.74) is 3.01. The molecule has 0 saturated carbocycles. The number of piperidine rings is 1. The lowest BCUT2D eigenvalue weighted by molar-refractivity contribution is -0.136. The van der Waals surface area contributed by atoms with Gasteiger partial charge in [-0.25, -0.2) is 0 Å². The van der Waals surface area contributed by atoms with Gasteiger partial charge in [-0.1, -0.05) is 24.3 Å². The van der Waals surface area contributed by atoms with Crippen molar-refractivity contribution < 1.29 is 38.2 Å². The maximum absolute atomic E-state index is 13.2. The van der Waals surface area contributed by atoms with Crippen LogP contribution in [-0.4, -0.2) is 74.4 Å². The van der Waals surface area contributed by atoms with E-state index in [1.807, 2.05) is 36.4 Å². The molecule has 2 aliphatic rings. The topological polar surface area (TPSA) is 152 Å². The third kappa shape index (κ3) is 7.28. The molecule has 3 aromatic rings. The minimum absolute atomic E-state index is 0.0471. The number of hydrogen-bond donors (Lipinski definition) is 3. The molecule has 0 aromatic heterocycles. The van der Waals surface area contributed by atoms with E-state index in [0.717, 1.165) is 35.3 Å².